The lowest BCUT2D eigenvalue weighted by atomic mass is 9.83. The Bertz CT molecular complexity index is 299. The Hall–Kier alpha value is -0.570. The lowest BCUT2D eigenvalue weighted by Crippen LogP contribution is -2.51. The van der Waals surface area contributed by atoms with E-state index >= 15 is 0 Å². The molecule has 2 rings (SSSR count). The predicted molar refractivity (Wildman–Crippen MR) is 69.5 cm³/mol. The molecule has 0 saturated heterocycles. The van der Waals surface area contributed by atoms with Crippen LogP contribution in [-0.4, -0.2) is 29.4 Å². The third-order valence-electron chi connectivity index (χ3n) is 4.55. The Balaban J connectivity index is 2.09. The molecule has 2 saturated carbocycles. The second kappa shape index (κ2) is 4.60. The van der Waals surface area contributed by atoms with Crippen LogP contribution in [0.3, 0.4) is 0 Å². The van der Waals surface area contributed by atoms with Gasteiger partial charge in [0.1, 0.15) is 0 Å². The maximum Gasteiger partial charge on any atom is 0.230 e. The predicted octanol–water partition coefficient (Wildman–Crippen LogP) is 2.15. The van der Waals surface area contributed by atoms with Crippen molar-refractivity contribution in [2.24, 2.45) is 17.1 Å². The van der Waals surface area contributed by atoms with E-state index in [1.165, 1.54) is 12.8 Å². The van der Waals surface area contributed by atoms with Gasteiger partial charge < -0.3 is 10.6 Å². The van der Waals surface area contributed by atoms with Crippen molar-refractivity contribution in [3.05, 3.63) is 0 Å². The van der Waals surface area contributed by atoms with Crippen LogP contribution in [0.4, 0.5) is 0 Å². The molecule has 0 aromatic rings. The van der Waals surface area contributed by atoms with Crippen molar-refractivity contribution in [1.82, 2.24) is 4.90 Å². The number of hydrogen-bond acceptors (Lipinski definition) is 2. The SMILES string of the molecule is CC(C)N(CC1CC1)C(=O)C1(C)CCCC1N. The maximum atomic E-state index is 12.7. The summed E-state index contributed by atoms with van der Waals surface area (Å²) in [6.07, 6.45) is 5.63. The molecule has 2 atom stereocenters. The number of carbonyl (C=O) groups excluding carboxylic acids is 1. The van der Waals surface area contributed by atoms with Gasteiger partial charge in [-0.1, -0.05) is 6.42 Å². The number of rotatable bonds is 4. The second-order valence-electron chi connectivity index (χ2n) is 6.41. The molecular formula is C14H26N2O. The van der Waals surface area contributed by atoms with Crippen LogP contribution in [0.25, 0.3) is 0 Å². The molecule has 0 aliphatic heterocycles. The fourth-order valence-electron chi connectivity index (χ4n) is 2.89. The molecule has 2 aliphatic carbocycles. The van der Waals surface area contributed by atoms with Gasteiger partial charge in [-0.15, -0.1) is 0 Å². The third kappa shape index (κ3) is 2.49. The summed E-state index contributed by atoms with van der Waals surface area (Å²) in [5.74, 6) is 1.05. The molecule has 0 spiro atoms. The van der Waals surface area contributed by atoms with Crippen molar-refractivity contribution in [2.45, 2.75) is 65.0 Å². The van der Waals surface area contributed by atoms with Crippen molar-refractivity contribution in [2.75, 3.05) is 6.54 Å². The van der Waals surface area contributed by atoms with Crippen LogP contribution in [-0.2, 0) is 4.79 Å². The maximum absolute atomic E-state index is 12.7. The Morgan fingerprint density at radius 1 is 1.41 bits per heavy atom. The number of hydrogen-bond donors (Lipinski definition) is 1. The molecule has 2 N–H and O–H groups in total. The first-order valence-electron chi connectivity index (χ1n) is 7.02. The van der Waals surface area contributed by atoms with Gasteiger partial charge in [0.15, 0.2) is 0 Å². The average molecular weight is 238 g/mol. The first kappa shape index (κ1) is 12.9. The van der Waals surface area contributed by atoms with E-state index in [4.69, 9.17) is 5.73 Å². The minimum absolute atomic E-state index is 0.0513. The molecular weight excluding hydrogens is 212 g/mol. The summed E-state index contributed by atoms with van der Waals surface area (Å²) >= 11 is 0. The molecule has 0 heterocycles. The monoisotopic (exact) mass is 238 g/mol. The molecule has 3 nitrogen and oxygen atoms in total. The zero-order valence-corrected chi connectivity index (χ0v) is 11.4. The number of nitrogens with zero attached hydrogens (tertiary/aromatic N) is 1. The minimum Gasteiger partial charge on any atom is -0.339 e. The molecule has 0 aromatic carbocycles. The lowest BCUT2D eigenvalue weighted by Gasteiger charge is -2.37. The van der Waals surface area contributed by atoms with Crippen molar-refractivity contribution in [1.29, 1.82) is 0 Å². The normalized spacial score (nSPS) is 33.1. The number of amides is 1. The summed E-state index contributed by atoms with van der Waals surface area (Å²) in [5, 5.41) is 0. The van der Waals surface area contributed by atoms with Gasteiger partial charge in [-0.2, -0.15) is 0 Å². The highest BCUT2D eigenvalue weighted by Gasteiger charge is 2.46. The molecule has 2 aliphatic rings. The van der Waals surface area contributed by atoms with E-state index < -0.39 is 0 Å². The Morgan fingerprint density at radius 2 is 2.06 bits per heavy atom. The Kier molecular flexibility index (Phi) is 3.48. The van der Waals surface area contributed by atoms with Gasteiger partial charge in [-0.05, 0) is 52.4 Å². The highest BCUT2D eigenvalue weighted by atomic mass is 16.2. The van der Waals surface area contributed by atoms with Crippen LogP contribution in [0.2, 0.25) is 0 Å². The quantitative estimate of drug-likeness (QED) is 0.815. The summed E-state index contributed by atoms with van der Waals surface area (Å²) < 4.78 is 0. The second-order valence-corrected chi connectivity index (χ2v) is 6.41. The van der Waals surface area contributed by atoms with Crippen LogP contribution in [0.15, 0.2) is 0 Å². The molecule has 1 amide bonds. The highest BCUT2D eigenvalue weighted by Crippen LogP contribution is 2.40. The Labute approximate surface area is 105 Å². The van der Waals surface area contributed by atoms with E-state index in [1.807, 2.05) is 0 Å². The van der Waals surface area contributed by atoms with E-state index in [2.05, 4.69) is 25.7 Å². The van der Waals surface area contributed by atoms with Crippen LogP contribution in [0, 0.1) is 11.3 Å². The largest absolute Gasteiger partial charge is 0.339 e. The fourth-order valence-corrected chi connectivity index (χ4v) is 2.89. The van der Waals surface area contributed by atoms with Crippen molar-refractivity contribution in [3.8, 4) is 0 Å². The third-order valence-corrected chi connectivity index (χ3v) is 4.55. The van der Waals surface area contributed by atoms with Gasteiger partial charge in [0, 0.05) is 18.6 Å². The van der Waals surface area contributed by atoms with E-state index in [0.717, 1.165) is 31.7 Å². The minimum atomic E-state index is -0.306. The summed E-state index contributed by atoms with van der Waals surface area (Å²) in [6.45, 7) is 7.24. The lowest BCUT2D eigenvalue weighted by molar-refractivity contribution is -0.143. The first-order chi connectivity index (χ1) is 7.95. The van der Waals surface area contributed by atoms with Crippen LogP contribution in [0.1, 0.15) is 52.9 Å². The standard InChI is InChI=1S/C14H26N2O/c1-10(2)16(9-11-6-7-11)13(17)14(3)8-4-5-12(14)15/h10-12H,4-9,15H2,1-3H3. The van der Waals surface area contributed by atoms with Crippen molar-refractivity contribution >= 4 is 5.91 Å². The van der Waals surface area contributed by atoms with Gasteiger partial charge in [0.2, 0.25) is 5.91 Å². The van der Waals surface area contributed by atoms with Crippen molar-refractivity contribution < 1.29 is 4.79 Å². The van der Waals surface area contributed by atoms with Gasteiger partial charge >= 0.3 is 0 Å². The first-order valence-corrected chi connectivity index (χ1v) is 7.02. The van der Waals surface area contributed by atoms with Crippen LogP contribution < -0.4 is 5.73 Å². The summed E-state index contributed by atoms with van der Waals surface area (Å²) in [6, 6.07) is 0.350. The van der Waals surface area contributed by atoms with Gasteiger partial charge in [-0.25, -0.2) is 0 Å². The molecule has 2 fully saturated rings. The van der Waals surface area contributed by atoms with Gasteiger partial charge in [-0.3, -0.25) is 4.79 Å². The molecule has 2 unspecified atom stereocenters. The van der Waals surface area contributed by atoms with Gasteiger partial charge in [0.25, 0.3) is 0 Å². The summed E-state index contributed by atoms with van der Waals surface area (Å²) in [5.41, 5.74) is 5.84. The molecule has 17 heavy (non-hydrogen) atoms. The number of nitrogens with two attached hydrogens (primary N) is 1. The molecule has 0 radical (unpaired) electrons. The molecule has 0 bridgehead atoms. The summed E-state index contributed by atoms with van der Waals surface area (Å²) in [4.78, 5) is 14.8. The average Bonchev–Trinajstić information content (AvgIpc) is 3.02. The molecule has 98 valence electrons. The molecule has 0 aromatic heterocycles. The topological polar surface area (TPSA) is 46.3 Å². The highest BCUT2D eigenvalue weighted by molar-refractivity contribution is 5.83. The van der Waals surface area contributed by atoms with Crippen LogP contribution in [0.5, 0.6) is 0 Å². The summed E-state index contributed by atoms with van der Waals surface area (Å²) in [7, 11) is 0. The van der Waals surface area contributed by atoms with E-state index in [0.29, 0.717) is 11.9 Å². The zero-order valence-electron chi connectivity index (χ0n) is 11.4. The zero-order chi connectivity index (χ0) is 12.6. The number of carbonyl (C=O) groups is 1. The van der Waals surface area contributed by atoms with E-state index in [-0.39, 0.29) is 11.5 Å². The smallest absolute Gasteiger partial charge is 0.230 e. The van der Waals surface area contributed by atoms with Crippen molar-refractivity contribution in [3.63, 3.8) is 0 Å². The van der Waals surface area contributed by atoms with Gasteiger partial charge in [0.05, 0.1) is 5.41 Å². The van der Waals surface area contributed by atoms with E-state index in [9.17, 15) is 4.79 Å². The van der Waals surface area contributed by atoms with E-state index in [1.54, 1.807) is 0 Å². The molecule has 3 heteroatoms. The van der Waals surface area contributed by atoms with Crippen LogP contribution >= 0.6 is 0 Å². The Morgan fingerprint density at radius 3 is 2.47 bits per heavy atom. The fraction of sp³-hybridized carbons (Fsp3) is 0.929.